The minimum absolute atomic E-state index is 0.585. The second kappa shape index (κ2) is 5.70. The number of hydrogen-bond acceptors (Lipinski definition) is 3. The average Bonchev–Trinajstić information content (AvgIpc) is 2.38. The van der Waals surface area contributed by atoms with Gasteiger partial charge in [0, 0.05) is 30.4 Å². The first kappa shape index (κ1) is 13.3. The lowest BCUT2D eigenvalue weighted by Crippen LogP contribution is -2.40. The predicted octanol–water partition coefficient (Wildman–Crippen LogP) is 2.93. The maximum atomic E-state index is 5.93. The minimum Gasteiger partial charge on any atom is -0.353 e. The average molecular weight is 247 g/mol. The maximum absolute atomic E-state index is 5.93. The lowest BCUT2D eigenvalue weighted by Gasteiger charge is -2.37. The summed E-state index contributed by atoms with van der Waals surface area (Å²) < 4.78 is 0. The highest BCUT2D eigenvalue weighted by Crippen LogP contribution is 2.29. The van der Waals surface area contributed by atoms with E-state index in [4.69, 9.17) is 10.7 Å². The number of hydrogen-bond donors (Lipinski definition) is 1. The molecular weight excluding hydrogens is 222 g/mol. The summed E-state index contributed by atoms with van der Waals surface area (Å²) in [6.45, 7) is 8.20. The Hall–Kier alpha value is -1.09. The Labute approximate surface area is 110 Å². The number of aromatic nitrogens is 1. The molecule has 1 unspecified atom stereocenters. The van der Waals surface area contributed by atoms with Gasteiger partial charge in [-0.25, -0.2) is 4.98 Å². The summed E-state index contributed by atoms with van der Waals surface area (Å²) in [4.78, 5) is 7.26. The highest BCUT2D eigenvalue weighted by Gasteiger charge is 2.24. The third kappa shape index (κ3) is 2.51. The van der Waals surface area contributed by atoms with Crippen LogP contribution in [0.25, 0.3) is 0 Å². The molecule has 0 saturated carbocycles. The minimum atomic E-state index is 0.585. The van der Waals surface area contributed by atoms with E-state index in [2.05, 4.69) is 31.7 Å². The van der Waals surface area contributed by atoms with Gasteiger partial charge in [-0.1, -0.05) is 6.92 Å². The van der Waals surface area contributed by atoms with Crippen LogP contribution >= 0.6 is 0 Å². The molecular formula is C15H25N3. The highest BCUT2D eigenvalue weighted by atomic mass is 15.2. The molecule has 0 amide bonds. The molecule has 0 bridgehead atoms. The fraction of sp³-hybridized carbons (Fsp3) is 0.667. The Bertz CT molecular complexity index is 414. The molecule has 0 radical (unpaired) electrons. The second-order valence-electron chi connectivity index (χ2n) is 5.34. The normalized spacial score (nSPS) is 20.2. The van der Waals surface area contributed by atoms with Gasteiger partial charge in [0.1, 0.15) is 5.82 Å². The molecule has 2 rings (SSSR count). The van der Waals surface area contributed by atoms with Crippen LogP contribution < -0.4 is 10.6 Å². The number of nitrogens with two attached hydrogens (primary N) is 1. The van der Waals surface area contributed by atoms with Crippen molar-refractivity contribution in [3.05, 3.63) is 22.9 Å². The lowest BCUT2D eigenvalue weighted by molar-refractivity contribution is 0.445. The van der Waals surface area contributed by atoms with Crippen LogP contribution in [0.2, 0.25) is 0 Å². The van der Waals surface area contributed by atoms with Gasteiger partial charge < -0.3 is 10.6 Å². The molecule has 1 aromatic rings. The lowest BCUT2D eigenvalue weighted by atomic mass is 9.98. The monoisotopic (exact) mass is 247 g/mol. The van der Waals surface area contributed by atoms with Crippen LogP contribution in [0.5, 0.6) is 0 Å². The summed E-state index contributed by atoms with van der Waals surface area (Å²) in [5.41, 5.74) is 9.53. The first-order chi connectivity index (χ1) is 8.67. The topological polar surface area (TPSA) is 42.2 Å². The molecule has 1 aliphatic heterocycles. The zero-order chi connectivity index (χ0) is 13.1. The second-order valence-corrected chi connectivity index (χ2v) is 5.34. The van der Waals surface area contributed by atoms with E-state index in [1.807, 2.05) is 0 Å². The molecule has 0 aliphatic carbocycles. The molecule has 2 heterocycles. The quantitative estimate of drug-likeness (QED) is 0.893. The van der Waals surface area contributed by atoms with Gasteiger partial charge in [-0.3, -0.25) is 0 Å². The van der Waals surface area contributed by atoms with Crippen LogP contribution in [0.1, 0.15) is 49.4 Å². The summed E-state index contributed by atoms with van der Waals surface area (Å²) in [5, 5.41) is 0. The molecule has 3 heteroatoms. The van der Waals surface area contributed by atoms with Crippen molar-refractivity contribution in [3.8, 4) is 0 Å². The largest absolute Gasteiger partial charge is 0.353 e. The summed E-state index contributed by atoms with van der Waals surface area (Å²) in [6, 6.07) is 2.77. The number of nitrogens with zero attached hydrogens (tertiary/aromatic N) is 2. The Balaban J connectivity index is 2.41. The number of piperidine rings is 1. The molecule has 1 fully saturated rings. The van der Waals surface area contributed by atoms with Crippen molar-refractivity contribution >= 4 is 5.82 Å². The van der Waals surface area contributed by atoms with E-state index in [1.165, 1.54) is 36.8 Å². The van der Waals surface area contributed by atoms with Crippen LogP contribution in [0.3, 0.4) is 0 Å². The number of anilines is 1. The Kier molecular flexibility index (Phi) is 4.23. The Morgan fingerprint density at radius 1 is 1.39 bits per heavy atom. The molecule has 1 saturated heterocycles. The van der Waals surface area contributed by atoms with Crippen molar-refractivity contribution in [3.63, 3.8) is 0 Å². The van der Waals surface area contributed by atoms with Crippen molar-refractivity contribution in [1.29, 1.82) is 0 Å². The van der Waals surface area contributed by atoms with E-state index in [0.29, 0.717) is 12.6 Å². The van der Waals surface area contributed by atoms with Crippen LogP contribution in [0, 0.1) is 13.8 Å². The van der Waals surface area contributed by atoms with Crippen molar-refractivity contribution < 1.29 is 0 Å². The van der Waals surface area contributed by atoms with Gasteiger partial charge in [-0.05, 0) is 51.2 Å². The molecule has 100 valence electrons. The van der Waals surface area contributed by atoms with Gasteiger partial charge >= 0.3 is 0 Å². The van der Waals surface area contributed by atoms with Crippen LogP contribution in [-0.4, -0.2) is 17.6 Å². The molecule has 18 heavy (non-hydrogen) atoms. The number of pyridine rings is 1. The fourth-order valence-corrected chi connectivity index (χ4v) is 3.04. The van der Waals surface area contributed by atoms with Gasteiger partial charge in [0.25, 0.3) is 0 Å². The van der Waals surface area contributed by atoms with Gasteiger partial charge in [0.2, 0.25) is 0 Å². The highest BCUT2D eigenvalue weighted by molar-refractivity contribution is 5.52. The van der Waals surface area contributed by atoms with Gasteiger partial charge in [0.15, 0.2) is 0 Å². The molecule has 2 N–H and O–H groups in total. The summed E-state index contributed by atoms with van der Waals surface area (Å²) in [6.07, 6.45) is 5.10. The van der Waals surface area contributed by atoms with Crippen molar-refractivity contribution in [2.24, 2.45) is 5.73 Å². The molecule has 0 aromatic carbocycles. The Morgan fingerprint density at radius 2 is 2.17 bits per heavy atom. The summed E-state index contributed by atoms with van der Waals surface area (Å²) in [5.74, 6) is 1.14. The van der Waals surface area contributed by atoms with Crippen molar-refractivity contribution in [1.82, 2.24) is 4.98 Å². The molecule has 1 aliphatic rings. The number of aryl methyl sites for hydroxylation is 2. The third-order valence-electron chi connectivity index (χ3n) is 4.03. The van der Waals surface area contributed by atoms with E-state index < -0.39 is 0 Å². The van der Waals surface area contributed by atoms with Gasteiger partial charge in [0.05, 0.1) is 0 Å². The third-order valence-corrected chi connectivity index (χ3v) is 4.03. The molecule has 0 spiro atoms. The summed E-state index contributed by atoms with van der Waals surface area (Å²) >= 11 is 0. The molecule has 1 atom stereocenters. The van der Waals surface area contributed by atoms with E-state index in [0.717, 1.165) is 18.1 Å². The first-order valence-corrected chi connectivity index (χ1v) is 7.11. The SMILES string of the molecule is CCC1CCCCN1c1nc(C)cc(C)c1CN. The number of rotatable bonds is 3. The standard InChI is InChI=1S/C15H25N3/c1-4-13-7-5-6-8-18(13)15-14(10-16)11(2)9-12(3)17-15/h9,13H,4-8,10,16H2,1-3H3. The van der Waals surface area contributed by atoms with Crippen LogP contribution in [-0.2, 0) is 6.54 Å². The zero-order valence-electron chi connectivity index (χ0n) is 11.9. The van der Waals surface area contributed by atoms with E-state index >= 15 is 0 Å². The van der Waals surface area contributed by atoms with Crippen molar-refractivity contribution in [2.75, 3.05) is 11.4 Å². The van der Waals surface area contributed by atoms with E-state index in [9.17, 15) is 0 Å². The first-order valence-electron chi connectivity index (χ1n) is 7.11. The van der Waals surface area contributed by atoms with Gasteiger partial charge in [-0.15, -0.1) is 0 Å². The Morgan fingerprint density at radius 3 is 2.83 bits per heavy atom. The predicted molar refractivity (Wildman–Crippen MR) is 76.9 cm³/mol. The fourth-order valence-electron chi connectivity index (χ4n) is 3.04. The van der Waals surface area contributed by atoms with E-state index in [-0.39, 0.29) is 0 Å². The van der Waals surface area contributed by atoms with E-state index in [1.54, 1.807) is 0 Å². The van der Waals surface area contributed by atoms with Gasteiger partial charge in [-0.2, -0.15) is 0 Å². The van der Waals surface area contributed by atoms with Crippen molar-refractivity contribution in [2.45, 2.75) is 59.0 Å². The molecule has 1 aromatic heterocycles. The zero-order valence-corrected chi connectivity index (χ0v) is 11.9. The summed E-state index contributed by atoms with van der Waals surface area (Å²) in [7, 11) is 0. The van der Waals surface area contributed by atoms with Crippen LogP contribution in [0.4, 0.5) is 5.82 Å². The molecule has 3 nitrogen and oxygen atoms in total. The smallest absolute Gasteiger partial charge is 0.133 e. The van der Waals surface area contributed by atoms with Crippen LogP contribution in [0.15, 0.2) is 6.07 Å². The maximum Gasteiger partial charge on any atom is 0.133 e.